The van der Waals surface area contributed by atoms with E-state index in [2.05, 4.69) is 72.0 Å². The summed E-state index contributed by atoms with van der Waals surface area (Å²) in [7, 11) is -0.578. The molecule has 6 rings (SSSR count). The number of aryl methyl sites for hydroxylation is 1. The lowest BCUT2D eigenvalue weighted by Crippen LogP contribution is -2.32. The van der Waals surface area contributed by atoms with E-state index in [1.807, 2.05) is 42.2 Å². The van der Waals surface area contributed by atoms with Crippen LogP contribution in [0.4, 0.5) is 5.69 Å². The molecule has 0 spiro atoms. The standard InChI is InChI=1S/C36H47N5O2S/c1-25-32(26(2)41(39-25)24-43-21-22-44(3,4)5)28-15-17-31(18-16-28)38-36(42)34(33(29-11-12-29)30-13-14-30)35-37-19-20-40(35)23-27-9-7-6-8-10-27/h6-10,15-20,29-30,33-34H,11-14,21-24H2,1-5H3,(H,38,42). The third-order valence-corrected chi connectivity index (χ3v) is 10.5. The molecule has 8 heteroatoms. The normalized spacial score (nSPS) is 16.3. The zero-order valence-corrected chi connectivity index (χ0v) is 27.6. The van der Waals surface area contributed by atoms with Crippen molar-refractivity contribution in [2.24, 2.45) is 17.8 Å². The third-order valence-electron chi connectivity index (χ3n) is 9.10. The van der Waals surface area contributed by atoms with Gasteiger partial charge in [-0.05, 0) is 99.3 Å². The molecule has 7 nitrogen and oxygen atoms in total. The Kier molecular flexibility index (Phi) is 9.01. The molecule has 1 N–H and O–H groups in total. The zero-order valence-electron chi connectivity index (χ0n) is 26.8. The van der Waals surface area contributed by atoms with Gasteiger partial charge in [-0.15, -0.1) is 0 Å². The molecule has 0 saturated heterocycles. The van der Waals surface area contributed by atoms with Gasteiger partial charge < -0.3 is 14.6 Å². The van der Waals surface area contributed by atoms with Crippen LogP contribution in [0.5, 0.6) is 0 Å². The highest BCUT2D eigenvalue weighted by Crippen LogP contribution is 2.55. The molecule has 234 valence electrons. The van der Waals surface area contributed by atoms with Crippen LogP contribution < -0.4 is 5.32 Å². The maximum Gasteiger partial charge on any atom is 0.235 e. The minimum Gasteiger partial charge on any atom is -0.358 e. The van der Waals surface area contributed by atoms with Crippen LogP contribution in [-0.4, -0.2) is 56.4 Å². The van der Waals surface area contributed by atoms with Crippen molar-refractivity contribution in [1.82, 2.24) is 19.3 Å². The Hall–Kier alpha value is -3.36. The van der Waals surface area contributed by atoms with Crippen molar-refractivity contribution in [2.75, 3.05) is 36.4 Å². The Morgan fingerprint density at radius 3 is 2.32 bits per heavy atom. The fraction of sp³-hybridized carbons (Fsp3) is 0.472. The summed E-state index contributed by atoms with van der Waals surface area (Å²) in [5, 5.41) is 8.06. The zero-order chi connectivity index (χ0) is 30.8. The van der Waals surface area contributed by atoms with E-state index in [-0.39, 0.29) is 11.8 Å². The predicted octanol–water partition coefficient (Wildman–Crippen LogP) is 7.24. The summed E-state index contributed by atoms with van der Waals surface area (Å²) in [5.74, 6) is 3.33. The van der Waals surface area contributed by atoms with Gasteiger partial charge in [-0.2, -0.15) is 5.10 Å². The first kappa shape index (κ1) is 30.7. The average Bonchev–Trinajstić information content (AvgIpc) is 3.93. The molecule has 2 fully saturated rings. The summed E-state index contributed by atoms with van der Waals surface area (Å²) in [4.78, 5) is 19.0. The van der Waals surface area contributed by atoms with E-state index >= 15 is 0 Å². The van der Waals surface area contributed by atoms with Crippen molar-refractivity contribution in [1.29, 1.82) is 0 Å². The quantitative estimate of drug-likeness (QED) is 0.152. The van der Waals surface area contributed by atoms with E-state index in [1.54, 1.807) is 0 Å². The van der Waals surface area contributed by atoms with Crippen molar-refractivity contribution >= 4 is 21.6 Å². The molecule has 44 heavy (non-hydrogen) atoms. The number of nitrogens with one attached hydrogen (secondary N) is 1. The Balaban J connectivity index is 1.19. The molecule has 0 bridgehead atoms. The van der Waals surface area contributed by atoms with Crippen molar-refractivity contribution in [3.8, 4) is 11.1 Å². The van der Waals surface area contributed by atoms with E-state index < -0.39 is 10.0 Å². The van der Waals surface area contributed by atoms with Crippen LogP contribution >= 0.6 is 10.0 Å². The van der Waals surface area contributed by atoms with E-state index in [9.17, 15) is 4.79 Å². The number of rotatable bonds is 14. The number of amides is 1. The second-order valence-corrected chi connectivity index (χ2v) is 18.2. The van der Waals surface area contributed by atoms with Gasteiger partial charge in [-0.1, -0.05) is 42.5 Å². The Morgan fingerprint density at radius 2 is 1.68 bits per heavy atom. The molecule has 0 aliphatic heterocycles. The maximum absolute atomic E-state index is 14.2. The van der Waals surface area contributed by atoms with Gasteiger partial charge in [0, 0.05) is 41.6 Å². The van der Waals surface area contributed by atoms with E-state index in [4.69, 9.17) is 14.8 Å². The Morgan fingerprint density at radius 1 is 1.00 bits per heavy atom. The van der Waals surface area contributed by atoms with Gasteiger partial charge >= 0.3 is 0 Å². The number of carbonyl (C=O) groups is 1. The highest BCUT2D eigenvalue weighted by atomic mass is 32.3. The summed E-state index contributed by atoms with van der Waals surface area (Å²) in [6.45, 7) is 6.07. The van der Waals surface area contributed by atoms with Crippen LogP contribution in [-0.2, 0) is 22.8 Å². The number of carbonyl (C=O) groups excluding carboxylic acids is 1. The summed E-state index contributed by atoms with van der Waals surface area (Å²) >= 11 is 0. The minimum absolute atomic E-state index is 0.0523. The van der Waals surface area contributed by atoms with E-state index in [1.165, 1.54) is 31.2 Å². The van der Waals surface area contributed by atoms with Crippen LogP contribution in [0.1, 0.15) is 54.4 Å². The van der Waals surface area contributed by atoms with Crippen molar-refractivity contribution in [3.05, 3.63) is 89.8 Å². The highest BCUT2D eigenvalue weighted by Gasteiger charge is 2.49. The fourth-order valence-corrected chi connectivity index (χ4v) is 7.13. The molecule has 2 aliphatic carbocycles. The molecule has 1 atom stereocenters. The summed E-state index contributed by atoms with van der Waals surface area (Å²) in [6.07, 6.45) is 15.7. The van der Waals surface area contributed by atoms with Crippen molar-refractivity contribution < 1.29 is 9.53 Å². The van der Waals surface area contributed by atoms with Gasteiger partial charge in [0.05, 0.1) is 18.2 Å². The van der Waals surface area contributed by atoms with Crippen molar-refractivity contribution in [2.45, 2.75) is 58.7 Å². The van der Waals surface area contributed by atoms with Crippen LogP contribution in [0.2, 0.25) is 0 Å². The number of anilines is 1. The molecule has 2 heterocycles. The molecule has 4 aromatic rings. The van der Waals surface area contributed by atoms with Gasteiger partial charge in [-0.3, -0.25) is 4.79 Å². The number of hydrogen-bond donors (Lipinski definition) is 1. The molecule has 2 saturated carbocycles. The third kappa shape index (κ3) is 7.29. The number of imidazole rings is 1. The van der Waals surface area contributed by atoms with Crippen LogP contribution in [0, 0.1) is 31.6 Å². The van der Waals surface area contributed by atoms with Gasteiger partial charge in [0.2, 0.25) is 5.91 Å². The predicted molar refractivity (Wildman–Crippen MR) is 181 cm³/mol. The molecule has 0 radical (unpaired) electrons. The largest absolute Gasteiger partial charge is 0.358 e. The summed E-state index contributed by atoms with van der Waals surface area (Å²) < 4.78 is 10.1. The van der Waals surface area contributed by atoms with Crippen LogP contribution in [0.3, 0.4) is 0 Å². The smallest absolute Gasteiger partial charge is 0.235 e. The number of nitrogens with zero attached hydrogens (tertiary/aromatic N) is 4. The topological polar surface area (TPSA) is 74.0 Å². The Bertz CT molecular complexity index is 1550. The average molecular weight is 614 g/mol. The molecular weight excluding hydrogens is 566 g/mol. The Labute approximate surface area is 263 Å². The van der Waals surface area contributed by atoms with Gasteiger partial charge in [-0.25, -0.2) is 19.7 Å². The number of benzene rings is 2. The SMILES string of the molecule is Cc1nn(COCCS(C)(C)C)c(C)c1-c1ccc(NC(=O)C(c2nccn2Cc2ccccc2)C(C2CC2)C2CC2)cc1. The first-order valence-corrected chi connectivity index (χ1v) is 18.9. The molecule has 1 amide bonds. The molecule has 2 aliphatic rings. The lowest BCUT2D eigenvalue weighted by Gasteiger charge is -2.27. The lowest BCUT2D eigenvalue weighted by molar-refractivity contribution is -0.119. The molecule has 2 aromatic heterocycles. The van der Waals surface area contributed by atoms with Crippen LogP contribution in [0.15, 0.2) is 67.0 Å². The number of ether oxygens (including phenoxy) is 1. The van der Waals surface area contributed by atoms with Gasteiger partial charge in [0.15, 0.2) is 0 Å². The lowest BCUT2D eigenvalue weighted by atomic mass is 9.82. The first-order chi connectivity index (χ1) is 21.2. The summed E-state index contributed by atoms with van der Waals surface area (Å²) in [5.41, 5.74) is 6.30. The van der Waals surface area contributed by atoms with E-state index in [0.29, 0.717) is 31.0 Å². The molecule has 2 aromatic carbocycles. The van der Waals surface area contributed by atoms with Gasteiger partial charge in [0.1, 0.15) is 12.6 Å². The maximum atomic E-state index is 14.2. The van der Waals surface area contributed by atoms with E-state index in [0.717, 1.165) is 46.4 Å². The fourth-order valence-electron chi connectivity index (χ4n) is 6.51. The van der Waals surface area contributed by atoms with Crippen molar-refractivity contribution in [3.63, 3.8) is 0 Å². The molecular formula is C36H47N5O2S. The summed E-state index contributed by atoms with van der Waals surface area (Å²) in [6, 6.07) is 18.6. The first-order valence-electron chi connectivity index (χ1n) is 15.9. The number of aromatic nitrogens is 4. The molecule has 1 unspecified atom stereocenters. The van der Waals surface area contributed by atoms with Gasteiger partial charge in [0.25, 0.3) is 0 Å². The highest BCUT2D eigenvalue weighted by molar-refractivity contribution is 8.32. The minimum atomic E-state index is -0.578. The monoisotopic (exact) mass is 613 g/mol. The number of hydrogen-bond acceptors (Lipinski definition) is 4. The van der Waals surface area contributed by atoms with Crippen LogP contribution in [0.25, 0.3) is 11.1 Å². The second-order valence-electron chi connectivity index (χ2n) is 13.6. The second kappa shape index (κ2) is 12.9.